The summed E-state index contributed by atoms with van der Waals surface area (Å²) in [7, 11) is 0. The predicted molar refractivity (Wildman–Crippen MR) is 84.8 cm³/mol. The van der Waals surface area contributed by atoms with Crippen molar-refractivity contribution in [3.63, 3.8) is 0 Å². The van der Waals surface area contributed by atoms with Gasteiger partial charge in [0.1, 0.15) is 0 Å². The maximum atomic E-state index is 12.1. The summed E-state index contributed by atoms with van der Waals surface area (Å²) in [6.45, 7) is 4.25. The average molecular weight is 305 g/mol. The van der Waals surface area contributed by atoms with Crippen molar-refractivity contribution in [2.24, 2.45) is 0 Å². The maximum Gasteiger partial charge on any atom is 0.315 e. The van der Waals surface area contributed by atoms with Crippen LogP contribution >= 0.6 is 0 Å². The van der Waals surface area contributed by atoms with E-state index in [9.17, 15) is 9.59 Å². The van der Waals surface area contributed by atoms with Crippen LogP contribution in [0.15, 0.2) is 24.3 Å². The number of hydrogen-bond acceptors (Lipinski definition) is 3. The molecule has 1 fully saturated rings. The first-order valence-corrected chi connectivity index (χ1v) is 7.58. The lowest BCUT2D eigenvalue weighted by Crippen LogP contribution is -2.48. The van der Waals surface area contributed by atoms with Crippen LogP contribution in [0.1, 0.15) is 25.3 Å². The third kappa shape index (κ3) is 3.98. The molecule has 6 heteroatoms. The Labute approximate surface area is 130 Å². The number of carbonyl (C=O) groups is 2. The summed E-state index contributed by atoms with van der Waals surface area (Å²) >= 11 is 0. The van der Waals surface area contributed by atoms with Crippen LogP contribution in [-0.4, -0.2) is 42.3 Å². The number of benzene rings is 1. The molecule has 0 radical (unpaired) electrons. The largest absolute Gasteiger partial charge is 0.394 e. The highest BCUT2D eigenvalue weighted by atomic mass is 16.3. The molecule has 2 atom stereocenters. The Hall–Kier alpha value is -2.08. The lowest BCUT2D eigenvalue weighted by atomic mass is 10.2. The second-order valence-corrected chi connectivity index (χ2v) is 5.65. The summed E-state index contributed by atoms with van der Waals surface area (Å²) in [5, 5.41) is 14.6. The van der Waals surface area contributed by atoms with E-state index in [-0.39, 0.29) is 37.0 Å². The lowest BCUT2D eigenvalue weighted by Gasteiger charge is -2.19. The summed E-state index contributed by atoms with van der Waals surface area (Å²) in [5.41, 5.74) is 1.99. The molecule has 0 aliphatic carbocycles. The van der Waals surface area contributed by atoms with E-state index in [1.54, 1.807) is 4.90 Å². The highest BCUT2D eigenvalue weighted by Crippen LogP contribution is 2.21. The number of aliphatic hydroxyl groups excluding tert-OH is 1. The third-order valence-corrected chi connectivity index (χ3v) is 3.85. The van der Waals surface area contributed by atoms with Crippen LogP contribution in [0.3, 0.4) is 0 Å². The first-order valence-electron chi connectivity index (χ1n) is 7.58. The summed E-state index contributed by atoms with van der Waals surface area (Å²) < 4.78 is 0. The molecular weight excluding hydrogens is 282 g/mol. The van der Waals surface area contributed by atoms with E-state index in [1.807, 2.05) is 38.1 Å². The van der Waals surface area contributed by atoms with Crippen LogP contribution in [0.5, 0.6) is 0 Å². The van der Waals surface area contributed by atoms with Gasteiger partial charge in [-0.05, 0) is 25.5 Å². The van der Waals surface area contributed by atoms with Crippen molar-refractivity contribution < 1.29 is 14.7 Å². The van der Waals surface area contributed by atoms with E-state index >= 15 is 0 Å². The topological polar surface area (TPSA) is 81.7 Å². The molecule has 1 aliphatic heterocycles. The van der Waals surface area contributed by atoms with Crippen LogP contribution in [0.2, 0.25) is 0 Å². The van der Waals surface area contributed by atoms with Gasteiger partial charge in [-0.2, -0.15) is 0 Å². The number of aryl methyl sites for hydroxylation is 1. The SMILES string of the molecule is CC[C@@H](CO)NC(=O)N[C@H]1CC(=O)N(c2ccc(C)cc2)C1. The molecule has 0 bridgehead atoms. The van der Waals surface area contributed by atoms with Crippen molar-refractivity contribution in [1.82, 2.24) is 10.6 Å². The molecule has 120 valence electrons. The van der Waals surface area contributed by atoms with Gasteiger partial charge in [0.25, 0.3) is 0 Å². The van der Waals surface area contributed by atoms with Crippen molar-refractivity contribution in [3.8, 4) is 0 Å². The molecule has 1 aromatic carbocycles. The van der Waals surface area contributed by atoms with Crippen LogP contribution in [-0.2, 0) is 4.79 Å². The Balaban J connectivity index is 1.92. The highest BCUT2D eigenvalue weighted by Gasteiger charge is 2.31. The molecule has 2 rings (SSSR count). The zero-order valence-corrected chi connectivity index (χ0v) is 13.0. The van der Waals surface area contributed by atoms with Crippen LogP contribution in [0.25, 0.3) is 0 Å². The molecule has 3 N–H and O–H groups in total. The number of rotatable bonds is 5. The predicted octanol–water partition coefficient (Wildman–Crippen LogP) is 1.17. The zero-order chi connectivity index (χ0) is 16.1. The molecule has 1 heterocycles. The molecule has 22 heavy (non-hydrogen) atoms. The fourth-order valence-electron chi connectivity index (χ4n) is 2.47. The van der Waals surface area contributed by atoms with Gasteiger partial charge in [0.05, 0.1) is 18.7 Å². The van der Waals surface area contributed by atoms with Gasteiger partial charge in [-0.1, -0.05) is 24.6 Å². The maximum absolute atomic E-state index is 12.1. The van der Waals surface area contributed by atoms with Crippen molar-refractivity contribution in [3.05, 3.63) is 29.8 Å². The Kier molecular flexibility index (Phi) is 5.38. The monoisotopic (exact) mass is 305 g/mol. The van der Waals surface area contributed by atoms with E-state index in [4.69, 9.17) is 5.11 Å². The second kappa shape index (κ2) is 7.26. The summed E-state index contributed by atoms with van der Waals surface area (Å²) in [6, 6.07) is 6.93. The van der Waals surface area contributed by atoms with E-state index in [1.165, 1.54) is 0 Å². The van der Waals surface area contributed by atoms with Gasteiger partial charge in [-0.15, -0.1) is 0 Å². The van der Waals surface area contributed by atoms with E-state index in [0.29, 0.717) is 13.0 Å². The molecule has 1 aliphatic rings. The molecule has 1 aromatic rings. The molecule has 0 aromatic heterocycles. The number of anilines is 1. The lowest BCUT2D eigenvalue weighted by molar-refractivity contribution is -0.117. The second-order valence-electron chi connectivity index (χ2n) is 5.65. The number of carbonyl (C=O) groups excluding carboxylic acids is 2. The normalized spacial score (nSPS) is 19.1. The van der Waals surface area contributed by atoms with Gasteiger partial charge in [-0.25, -0.2) is 4.79 Å². The first kappa shape index (κ1) is 16.3. The summed E-state index contributed by atoms with van der Waals surface area (Å²) in [5.74, 6) is 0.00310. The minimum Gasteiger partial charge on any atom is -0.394 e. The van der Waals surface area contributed by atoms with Gasteiger partial charge < -0.3 is 20.6 Å². The Morgan fingerprint density at radius 3 is 2.68 bits per heavy atom. The molecule has 1 saturated heterocycles. The van der Waals surface area contributed by atoms with Gasteiger partial charge in [0.2, 0.25) is 5.91 Å². The van der Waals surface area contributed by atoms with Crippen molar-refractivity contribution in [2.75, 3.05) is 18.1 Å². The fourth-order valence-corrected chi connectivity index (χ4v) is 2.47. The molecular formula is C16H23N3O3. The standard InChI is InChI=1S/C16H23N3O3/c1-3-12(10-20)17-16(22)18-13-8-15(21)19(9-13)14-6-4-11(2)5-7-14/h4-7,12-13,20H,3,8-10H2,1-2H3,(H2,17,18,22)/t12-,13-/m0/s1. The van der Waals surface area contributed by atoms with E-state index in [0.717, 1.165) is 11.3 Å². The minimum atomic E-state index is -0.343. The number of nitrogens with zero attached hydrogens (tertiary/aromatic N) is 1. The van der Waals surface area contributed by atoms with Crippen molar-refractivity contribution >= 4 is 17.6 Å². The molecule has 0 unspecified atom stereocenters. The smallest absolute Gasteiger partial charge is 0.315 e. The summed E-state index contributed by atoms with van der Waals surface area (Å²) in [4.78, 5) is 25.6. The first-order chi connectivity index (χ1) is 10.5. The number of hydrogen-bond donors (Lipinski definition) is 3. The average Bonchev–Trinajstić information content (AvgIpc) is 2.86. The Bertz CT molecular complexity index is 526. The number of amides is 3. The van der Waals surface area contributed by atoms with E-state index in [2.05, 4.69) is 10.6 Å². The Morgan fingerprint density at radius 2 is 2.09 bits per heavy atom. The Morgan fingerprint density at radius 1 is 1.41 bits per heavy atom. The molecule has 0 saturated carbocycles. The minimum absolute atomic E-state index is 0.00310. The van der Waals surface area contributed by atoms with Gasteiger partial charge in [-0.3, -0.25) is 4.79 Å². The fraction of sp³-hybridized carbons (Fsp3) is 0.500. The molecule has 6 nitrogen and oxygen atoms in total. The van der Waals surface area contributed by atoms with Crippen LogP contribution in [0.4, 0.5) is 10.5 Å². The highest BCUT2D eigenvalue weighted by molar-refractivity contribution is 5.96. The van der Waals surface area contributed by atoms with Crippen LogP contribution < -0.4 is 15.5 Å². The zero-order valence-electron chi connectivity index (χ0n) is 13.0. The van der Waals surface area contributed by atoms with Crippen molar-refractivity contribution in [2.45, 2.75) is 38.8 Å². The van der Waals surface area contributed by atoms with Gasteiger partial charge >= 0.3 is 6.03 Å². The molecule has 3 amide bonds. The van der Waals surface area contributed by atoms with E-state index < -0.39 is 0 Å². The van der Waals surface area contributed by atoms with Crippen LogP contribution in [0, 0.1) is 6.92 Å². The number of nitrogens with one attached hydrogen (secondary N) is 2. The number of aliphatic hydroxyl groups is 1. The van der Waals surface area contributed by atoms with Gasteiger partial charge in [0.15, 0.2) is 0 Å². The quantitative estimate of drug-likeness (QED) is 0.764. The van der Waals surface area contributed by atoms with Crippen molar-refractivity contribution in [1.29, 1.82) is 0 Å². The van der Waals surface area contributed by atoms with Gasteiger partial charge in [0, 0.05) is 18.7 Å². The molecule has 0 spiro atoms. The number of urea groups is 1. The third-order valence-electron chi connectivity index (χ3n) is 3.85. The summed E-state index contributed by atoms with van der Waals surface area (Å²) in [6.07, 6.45) is 0.945.